The molecule has 0 saturated heterocycles. The fourth-order valence-electron chi connectivity index (χ4n) is 2.61. The van der Waals surface area contributed by atoms with E-state index in [0.717, 1.165) is 29.0 Å². The third kappa shape index (κ3) is 2.66. The van der Waals surface area contributed by atoms with E-state index in [4.69, 9.17) is 5.73 Å². The quantitative estimate of drug-likeness (QED) is 0.583. The molecule has 0 saturated carbocycles. The largest absolute Gasteiger partial charge is 0.331 e. The molecule has 1 amide bonds. The van der Waals surface area contributed by atoms with Crippen molar-refractivity contribution in [2.24, 2.45) is 5.73 Å². The summed E-state index contributed by atoms with van der Waals surface area (Å²) in [5.74, 6) is -0.229. The summed E-state index contributed by atoms with van der Waals surface area (Å²) in [6.45, 7) is 1.49. The average molecular weight is 340 g/mol. The molecule has 7 nitrogen and oxygen atoms in total. The van der Waals surface area contributed by atoms with Crippen LogP contribution in [0.15, 0.2) is 42.3 Å². The summed E-state index contributed by atoms with van der Waals surface area (Å²) in [6.07, 6.45) is 6.31. The van der Waals surface area contributed by atoms with Gasteiger partial charge in [0.2, 0.25) is 0 Å². The van der Waals surface area contributed by atoms with Gasteiger partial charge >= 0.3 is 0 Å². The molecule has 0 aliphatic heterocycles. The van der Waals surface area contributed by atoms with Crippen LogP contribution in [0.25, 0.3) is 16.0 Å². The summed E-state index contributed by atoms with van der Waals surface area (Å²) < 4.78 is 3.90. The molecule has 4 aromatic rings. The topological polar surface area (TPSA) is 90.2 Å². The van der Waals surface area contributed by atoms with Gasteiger partial charge in [-0.25, -0.2) is 9.97 Å². The van der Waals surface area contributed by atoms with Gasteiger partial charge in [0.1, 0.15) is 5.69 Å². The van der Waals surface area contributed by atoms with Gasteiger partial charge in [0.25, 0.3) is 5.91 Å². The molecule has 8 heteroatoms. The molecule has 122 valence electrons. The number of nitrogens with two attached hydrogens (primary N) is 1. The first-order valence-corrected chi connectivity index (χ1v) is 8.51. The lowest BCUT2D eigenvalue weighted by molar-refractivity contribution is 0.102. The number of carbonyl (C=O) groups is 1. The van der Waals surface area contributed by atoms with Crippen molar-refractivity contribution in [1.29, 1.82) is 0 Å². The molecule has 1 aromatic carbocycles. The Hall–Kier alpha value is -2.71. The van der Waals surface area contributed by atoms with Crippen LogP contribution in [0, 0.1) is 0 Å². The number of thiazole rings is 1. The minimum atomic E-state index is -0.229. The fourth-order valence-corrected chi connectivity index (χ4v) is 3.31. The normalized spacial score (nSPS) is 11.4. The van der Waals surface area contributed by atoms with Gasteiger partial charge in [0.05, 0.1) is 17.4 Å². The van der Waals surface area contributed by atoms with E-state index in [2.05, 4.69) is 19.9 Å². The maximum atomic E-state index is 12.3. The third-order valence-electron chi connectivity index (χ3n) is 3.81. The van der Waals surface area contributed by atoms with Crippen molar-refractivity contribution in [1.82, 2.24) is 18.9 Å². The summed E-state index contributed by atoms with van der Waals surface area (Å²) in [6, 6.07) is 5.70. The highest BCUT2D eigenvalue weighted by atomic mass is 32.1. The van der Waals surface area contributed by atoms with Gasteiger partial charge in [-0.15, -0.1) is 11.3 Å². The lowest BCUT2D eigenvalue weighted by Gasteiger charge is -2.05. The number of rotatable bonds is 5. The number of carbonyl (C=O) groups excluding carboxylic acids is 1. The number of hydrogen-bond donors (Lipinski definition) is 2. The van der Waals surface area contributed by atoms with E-state index in [0.29, 0.717) is 17.9 Å². The molecular weight excluding hydrogens is 324 g/mol. The van der Waals surface area contributed by atoms with Gasteiger partial charge in [-0.05, 0) is 31.2 Å². The number of fused-ring (bicyclic) bond motifs is 2. The predicted molar refractivity (Wildman–Crippen MR) is 94.4 cm³/mol. The van der Waals surface area contributed by atoms with E-state index < -0.39 is 0 Å². The molecule has 3 aromatic heterocycles. The minimum absolute atomic E-state index is 0.229. The van der Waals surface area contributed by atoms with Crippen LogP contribution in [0.4, 0.5) is 5.69 Å². The van der Waals surface area contributed by atoms with Gasteiger partial charge in [-0.3, -0.25) is 9.20 Å². The van der Waals surface area contributed by atoms with Crippen LogP contribution in [0.1, 0.15) is 16.9 Å². The molecule has 3 N–H and O–H groups in total. The number of aryl methyl sites for hydroxylation is 1. The summed E-state index contributed by atoms with van der Waals surface area (Å²) in [7, 11) is 0. The summed E-state index contributed by atoms with van der Waals surface area (Å²) in [5, 5.41) is 4.80. The smallest absolute Gasteiger partial charge is 0.275 e. The van der Waals surface area contributed by atoms with Crippen LogP contribution in [-0.4, -0.2) is 31.4 Å². The maximum Gasteiger partial charge on any atom is 0.275 e. The highest BCUT2D eigenvalue weighted by molar-refractivity contribution is 7.15. The fraction of sp³-hybridized carbons (Fsp3) is 0.188. The molecular formula is C16H16N6OS. The Bertz CT molecular complexity index is 986. The number of amides is 1. The number of nitrogens with one attached hydrogen (secondary N) is 1. The molecule has 24 heavy (non-hydrogen) atoms. The van der Waals surface area contributed by atoms with Gasteiger partial charge < -0.3 is 15.6 Å². The van der Waals surface area contributed by atoms with Crippen LogP contribution in [0.3, 0.4) is 0 Å². The van der Waals surface area contributed by atoms with Gasteiger partial charge in [-0.1, -0.05) is 0 Å². The van der Waals surface area contributed by atoms with E-state index in [1.165, 1.54) is 11.3 Å². The lowest BCUT2D eigenvalue weighted by Crippen LogP contribution is -2.12. The number of benzene rings is 1. The van der Waals surface area contributed by atoms with Crippen LogP contribution in [0.5, 0.6) is 0 Å². The summed E-state index contributed by atoms with van der Waals surface area (Å²) >= 11 is 1.49. The first-order valence-electron chi connectivity index (χ1n) is 7.63. The van der Waals surface area contributed by atoms with E-state index >= 15 is 0 Å². The number of anilines is 1. The van der Waals surface area contributed by atoms with Gasteiger partial charge in [-0.2, -0.15) is 0 Å². The summed E-state index contributed by atoms with van der Waals surface area (Å²) in [4.78, 5) is 21.8. The SMILES string of the molecule is NCCCn1cnc2cc(NC(=O)c3cn4ccsc4n3)ccc21. The van der Waals surface area contributed by atoms with Crippen LogP contribution in [0.2, 0.25) is 0 Å². The highest BCUT2D eigenvalue weighted by Crippen LogP contribution is 2.19. The number of imidazole rings is 2. The van der Waals surface area contributed by atoms with Crippen molar-refractivity contribution < 1.29 is 4.79 Å². The van der Waals surface area contributed by atoms with Crippen molar-refractivity contribution in [3.63, 3.8) is 0 Å². The van der Waals surface area contributed by atoms with Crippen molar-refractivity contribution in [2.75, 3.05) is 11.9 Å². The van der Waals surface area contributed by atoms with E-state index in [1.807, 2.05) is 34.2 Å². The number of hydrogen-bond acceptors (Lipinski definition) is 5. The second-order valence-corrected chi connectivity index (χ2v) is 6.33. The third-order valence-corrected chi connectivity index (χ3v) is 4.58. The maximum absolute atomic E-state index is 12.3. The van der Waals surface area contributed by atoms with Crippen molar-refractivity contribution in [2.45, 2.75) is 13.0 Å². The van der Waals surface area contributed by atoms with Gasteiger partial charge in [0.15, 0.2) is 4.96 Å². The molecule has 0 unspecified atom stereocenters. The second kappa shape index (κ2) is 6.06. The van der Waals surface area contributed by atoms with Gasteiger partial charge in [0, 0.05) is 30.0 Å². The first-order chi connectivity index (χ1) is 11.7. The Morgan fingerprint density at radius 2 is 2.29 bits per heavy atom. The zero-order chi connectivity index (χ0) is 16.5. The Morgan fingerprint density at radius 3 is 3.12 bits per heavy atom. The molecule has 0 aliphatic carbocycles. The van der Waals surface area contributed by atoms with Crippen molar-refractivity contribution in [3.05, 3.63) is 48.0 Å². The Balaban J connectivity index is 1.55. The molecule has 3 heterocycles. The van der Waals surface area contributed by atoms with Crippen LogP contribution >= 0.6 is 11.3 Å². The van der Waals surface area contributed by atoms with E-state index in [-0.39, 0.29) is 5.91 Å². The molecule has 0 fully saturated rings. The summed E-state index contributed by atoms with van der Waals surface area (Å²) in [5.41, 5.74) is 8.53. The zero-order valence-corrected chi connectivity index (χ0v) is 13.7. The van der Waals surface area contributed by atoms with E-state index in [1.54, 1.807) is 12.5 Å². The molecule has 0 spiro atoms. The van der Waals surface area contributed by atoms with Crippen LogP contribution < -0.4 is 11.1 Å². The lowest BCUT2D eigenvalue weighted by atomic mass is 10.2. The Kier molecular flexibility index (Phi) is 3.75. The van der Waals surface area contributed by atoms with Crippen molar-refractivity contribution >= 4 is 38.9 Å². The first kappa shape index (κ1) is 14.9. The Morgan fingerprint density at radius 1 is 1.38 bits per heavy atom. The Labute approximate surface area is 141 Å². The van der Waals surface area contributed by atoms with Crippen LogP contribution in [-0.2, 0) is 6.54 Å². The number of nitrogens with zero attached hydrogens (tertiary/aromatic N) is 4. The van der Waals surface area contributed by atoms with E-state index in [9.17, 15) is 4.79 Å². The monoisotopic (exact) mass is 340 g/mol. The second-order valence-electron chi connectivity index (χ2n) is 5.46. The minimum Gasteiger partial charge on any atom is -0.331 e. The number of aromatic nitrogens is 4. The van der Waals surface area contributed by atoms with Crippen molar-refractivity contribution in [3.8, 4) is 0 Å². The standard InChI is InChI=1S/C16H16N6OS/c17-4-1-5-22-10-18-12-8-11(2-3-14(12)22)19-15(23)13-9-21-6-7-24-16(21)20-13/h2-3,6-10H,1,4-5,17H2,(H,19,23). The molecule has 0 aliphatic rings. The average Bonchev–Trinajstić information content (AvgIpc) is 3.26. The zero-order valence-electron chi connectivity index (χ0n) is 12.8. The molecule has 0 radical (unpaired) electrons. The molecule has 0 atom stereocenters. The molecule has 4 rings (SSSR count). The highest BCUT2D eigenvalue weighted by Gasteiger charge is 2.12. The predicted octanol–water partition coefficient (Wildman–Crippen LogP) is 2.35. The molecule has 0 bridgehead atoms.